The lowest BCUT2D eigenvalue weighted by molar-refractivity contribution is -0.124. The van der Waals surface area contributed by atoms with Crippen molar-refractivity contribution >= 4 is 68.2 Å². The quantitative estimate of drug-likeness (QED) is 0.377. The third-order valence-electron chi connectivity index (χ3n) is 6.33. The normalized spacial score (nSPS) is 15.7. The lowest BCUT2D eigenvalue weighted by Gasteiger charge is -2.26. The second kappa shape index (κ2) is 11.6. The van der Waals surface area contributed by atoms with Crippen molar-refractivity contribution in [2.45, 2.75) is 27.2 Å². The maximum Gasteiger partial charge on any atom is 0.234 e. The molecule has 1 unspecified atom stereocenters. The molecule has 1 saturated heterocycles. The third kappa shape index (κ3) is 5.77. The van der Waals surface area contributed by atoms with E-state index in [1.54, 1.807) is 21.9 Å². The van der Waals surface area contributed by atoms with Crippen LogP contribution in [0.25, 0.3) is 10.2 Å². The van der Waals surface area contributed by atoms with E-state index in [1.165, 1.54) is 23.5 Å². The number of nitrogens with zero attached hydrogens (tertiary/aromatic N) is 4. The molecule has 1 aromatic heterocycles. The van der Waals surface area contributed by atoms with E-state index in [2.05, 4.69) is 18.7 Å². The molecule has 0 N–H and O–H groups in total. The van der Waals surface area contributed by atoms with Gasteiger partial charge >= 0.3 is 0 Å². The van der Waals surface area contributed by atoms with Gasteiger partial charge in [-0.3, -0.25) is 14.5 Å². The van der Waals surface area contributed by atoms with Gasteiger partial charge in [0.1, 0.15) is 5.82 Å². The minimum absolute atomic E-state index is 0. The second-order valence-electron chi connectivity index (χ2n) is 8.44. The number of aryl methyl sites for hydroxylation is 1. The maximum atomic E-state index is 13.8. The van der Waals surface area contributed by atoms with E-state index >= 15 is 0 Å². The number of amides is 2. The molecule has 1 aliphatic heterocycles. The minimum Gasteiger partial charge on any atom is -0.312 e. The smallest absolute Gasteiger partial charge is 0.234 e. The van der Waals surface area contributed by atoms with E-state index in [-0.39, 0.29) is 43.0 Å². The number of carbonyl (C=O) groups is 2. The van der Waals surface area contributed by atoms with Crippen molar-refractivity contribution in [1.29, 1.82) is 0 Å². The number of anilines is 2. The van der Waals surface area contributed by atoms with Crippen molar-refractivity contribution in [2.75, 3.05) is 42.5 Å². The number of aromatic nitrogens is 1. The van der Waals surface area contributed by atoms with Crippen LogP contribution in [0.2, 0.25) is 5.02 Å². The van der Waals surface area contributed by atoms with Gasteiger partial charge in [0, 0.05) is 31.7 Å². The first-order chi connectivity index (χ1) is 16.3. The molecular formula is C25H29Cl2FN4O2S. The highest BCUT2D eigenvalue weighted by molar-refractivity contribution is 7.23. The molecule has 188 valence electrons. The van der Waals surface area contributed by atoms with Gasteiger partial charge in [-0.15, -0.1) is 12.4 Å². The number of fused-ring (bicyclic) bond motifs is 1. The molecule has 0 saturated carbocycles. The van der Waals surface area contributed by atoms with Crippen LogP contribution < -0.4 is 9.80 Å². The van der Waals surface area contributed by atoms with Gasteiger partial charge in [0.05, 0.1) is 21.2 Å². The minimum atomic E-state index is -0.502. The standard InChI is InChI=1S/C25H28ClFN4O2S.ClH/c1-4-29(5-2)12-13-30(25-28-22-16(3)6-11-20(26)23(22)34-25)24(33)17-14-21(32)31(15-17)19-9-7-18(27)8-10-19;/h6-11,17H,4-5,12-15H2,1-3H3;1H. The molecular weight excluding hydrogens is 510 g/mol. The summed E-state index contributed by atoms with van der Waals surface area (Å²) in [6.07, 6.45) is 0.114. The number of hydrogen-bond acceptors (Lipinski definition) is 5. The molecule has 35 heavy (non-hydrogen) atoms. The predicted molar refractivity (Wildman–Crippen MR) is 144 cm³/mol. The molecule has 2 aromatic carbocycles. The van der Waals surface area contributed by atoms with Crippen LogP contribution in [0.5, 0.6) is 0 Å². The molecule has 0 spiro atoms. The van der Waals surface area contributed by atoms with Crippen LogP contribution in [-0.4, -0.2) is 54.4 Å². The van der Waals surface area contributed by atoms with Crippen LogP contribution in [0.3, 0.4) is 0 Å². The van der Waals surface area contributed by atoms with Crippen molar-refractivity contribution in [3.05, 3.63) is 52.8 Å². The number of benzene rings is 2. The van der Waals surface area contributed by atoms with Crippen molar-refractivity contribution < 1.29 is 14.0 Å². The molecule has 1 fully saturated rings. The molecule has 2 amide bonds. The van der Waals surface area contributed by atoms with Crippen molar-refractivity contribution in [2.24, 2.45) is 5.92 Å². The van der Waals surface area contributed by atoms with Crippen LogP contribution in [0.1, 0.15) is 25.8 Å². The Morgan fingerprint density at radius 2 is 1.86 bits per heavy atom. The van der Waals surface area contributed by atoms with E-state index in [0.29, 0.717) is 28.9 Å². The van der Waals surface area contributed by atoms with Gasteiger partial charge in [-0.05, 0) is 55.9 Å². The fourth-order valence-corrected chi connectivity index (χ4v) is 5.60. The maximum absolute atomic E-state index is 13.8. The average Bonchev–Trinajstić information content (AvgIpc) is 3.45. The first-order valence-electron chi connectivity index (χ1n) is 11.5. The summed E-state index contributed by atoms with van der Waals surface area (Å²) in [5, 5.41) is 1.20. The average molecular weight is 540 g/mol. The lowest BCUT2D eigenvalue weighted by atomic mass is 10.1. The number of likely N-dealkylation sites (N-methyl/N-ethyl adjacent to an activating group) is 1. The Hall–Kier alpha value is -2.26. The molecule has 4 rings (SSSR count). The first-order valence-corrected chi connectivity index (χ1v) is 12.7. The lowest BCUT2D eigenvalue weighted by Crippen LogP contribution is -2.42. The van der Waals surface area contributed by atoms with E-state index in [4.69, 9.17) is 16.6 Å². The van der Waals surface area contributed by atoms with Crippen LogP contribution in [-0.2, 0) is 9.59 Å². The van der Waals surface area contributed by atoms with Crippen LogP contribution in [0.15, 0.2) is 36.4 Å². The van der Waals surface area contributed by atoms with E-state index in [1.807, 2.05) is 19.1 Å². The molecule has 3 aromatic rings. The fourth-order valence-electron chi connectivity index (χ4n) is 4.25. The molecule has 2 heterocycles. The summed E-state index contributed by atoms with van der Waals surface area (Å²) in [5.74, 6) is -1.14. The third-order valence-corrected chi connectivity index (χ3v) is 7.87. The zero-order valence-electron chi connectivity index (χ0n) is 20.0. The molecule has 0 bridgehead atoms. The molecule has 10 heteroatoms. The van der Waals surface area contributed by atoms with Crippen LogP contribution in [0, 0.1) is 18.7 Å². The van der Waals surface area contributed by atoms with E-state index in [0.717, 1.165) is 28.9 Å². The summed E-state index contributed by atoms with van der Waals surface area (Å²) in [6.45, 7) is 9.34. The topological polar surface area (TPSA) is 56.8 Å². The predicted octanol–water partition coefficient (Wildman–Crippen LogP) is 5.55. The van der Waals surface area contributed by atoms with Crippen LogP contribution >= 0.6 is 35.3 Å². The van der Waals surface area contributed by atoms with Gasteiger partial charge in [-0.1, -0.05) is 42.9 Å². The Balaban J connectivity index is 0.00000342. The number of halogens is 3. The Labute approximate surface area is 220 Å². The van der Waals surface area contributed by atoms with E-state index in [9.17, 15) is 14.0 Å². The highest BCUT2D eigenvalue weighted by Gasteiger charge is 2.38. The van der Waals surface area contributed by atoms with Gasteiger partial charge in [0.2, 0.25) is 11.8 Å². The molecule has 1 aliphatic rings. The summed E-state index contributed by atoms with van der Waals surface area (Å²) in [4.78, 5) is 36.8. The molecule has 6 nitrogen and oxygen atoms in total. The van der Waals surface area contributed by atoms with Crippen molar-refractivity contribution in [3.63, 3.8) is 0 Å². The summed E-state index contributed by atoms with van der Waals surface area (Å²) < 4.78 is 14.2. The van der Waals surface area contributed by atoms with Gasteiger partial charge in [-0.25, -0.2) is 9.37 Å². The molecule has 0 aliphatic carbocycles. The van der Waals surface area contributed by atoms with Gasteiger partial charge in [-0.2, -0.15) is 0 Å². The second-order valence-corrected chi connectivity index (χ2v) is 9.82. The number of carbonyl (C=O) groups excluding carboxylic acids is 2. The number of hydrogen-bond donors (Lipinski definition) is 0. The summed E-state index contributed by atoms with van der Waals surface area (Å²) in [7, 11) is 0. The Morgan fingerprint density at radius 1 is 1.17 bits per heavy atom. The number of thiazole rings is 1. The summed E-state index contributed by atoms with van der Waals surface area (Å²) in [5.41, 5.74) is 2.39. The summed E-state index contributed by atoms with van der Waals surface area (Å²) >= 11 is 7.83. The van der Waals surface area contributed by atoms with E-state index < -0.39 is 5.92 Å². The van der Waals surface area contributed by atoms with Gasteiger partial charge in [0.15, 0.2) is 5.13 Å². The highest BCUT2D eigenvalue weighted by atomic mass is 35.5. The van der Waals surface area contributed by atoms with Crippen LogP contribution in [0.4, 0.5) is 15.2 Å². The monoisotopic (exact) mass is 538 g/mol. The molecule has 0 radical (unpaired) electrons. The highest BCUT2D eigenvalue weighted by Crippen LogP contribution is 2.37. The van der Waals surface area contributed by atoms with Gasteiger partial charge in [0.25, 0.3) is 0 Å². The van der Waals surface area contributed by atoms with Crippen molar-refractivity contribution in [3.8, 4) is 0 Å². The summed E-state index contributed by atoms with van der Waals surface area (Å²) in [6, 6.07) is 9.54. The van der Waals surface area contributed by atoms with Gasteiger partial charge < -0.3 is 9.80 Å². The largest absolute Gasteiger partial charge is 0.312 e. The first kappa shape index (κ1) is 27.3. The SMILES string of the molecule is CCN(CC)CCN(C(=O)C1CC(=O)N(c2ccc(F)cc2)C1)c1nc2c(C)ccc(Cl)c2s1.Cl. The van der Waals surface area contributed by atoms with Crippen molar-refractivity contribution in [1.82, 2.24) is 9.88 Å². The number of rotatable bonds is 8. The Morgan fingerprint density at radius 3 is 2.49 bits per heavy atom. The zero-order valence-corrected chi connectivity index (χ0v) is 22.4. The molecule has 1 atom stereocenters. The Kier molecular flexibility index (Phi) is 9.10. The fraction of sp³-hybridized carbons (Fsp3) is 0.400. The zero-order chi connectivity index (χ0) is 24.4. The Bertz CT molecular complexity index is 1160.